The average Bonchev–Trinajstić information content (AvgIpc) is 2.60. The van der Waals surface area contributed by atoms with Crippen LogP contribution in [0.2, 0.25) is 0 Å². The standard InChI is InChI=1S/C19H30N2O3/c1-4-19(14-22)8-10-21(11-9-19)18(23)20-17-7-5-6-16(12-17)13-24-15(2)3/h5-7,12,15,22H,4,8-11,13-14H2,1-3H3,(H,20,23). The average molecular weight is 334 g/mol. The third-order valence-electron chi connectivity index (χ3n) is 4.96. The van der Waals surface area contributed by atoms with Gasteiger partial charge in [-0.25, -0.2) is 4.79 Å². The first-order valence-electron chi connectivity index (χ1n) is 8.85. The minimum Gasteiger partial charge on any atom is -0.396 e. The van der Waals surface area contributed by atoms with E-state index in [0.717, 1.165) is 30.5 Å². The van der Waals surface area contributed by atoms with Crippen LogP contribution >= 0.6 is 0 Å². The summed E-state index contributed by atoms with van der Waals surface area (Å²) in [6.45, 7) is 8.25. The molecule has 0 aliphatic carbocycles. The van der Waals surface area contributed by atoms with Gasteiger partial charge in [0, 0.05) is 25.4 Å². The summed E-state index contributed by atoms with van der Waals surface area (Å²) < 4.78 is 5.60. The zero-order valence-electron chi connectivity index (χ0n) is 15.0. The highest BCUT2D eigenvalue weighted by molar-refractivity contribution is 5.89. The SMILES string of the molecule is CCC1(CO)CCN(C(=O)Nc2cccc(COC(C)C)c2)CC1. The number of piperidine rings is 1. The van der Waals surface area contributed by atoms with E-state index < -0.39 is 0 Å². The van der Waals surface area contributed by atoms with Crippen LogP contribution < -0.4 is 5.32 Å². The number of likely N-dealkylation sites (tertiary alicyclic amines) is 1. The van der Waals surface area contributed by atoms with Gasteiger partial charge in [0.1, 0.15) is 0 Å². The van der Waals surface area contributed by atoms with Crippen LogP contribution in [0.1, 0.15) is 45.6 Å². The fraction of sp³-hybridized carbons (Fsp3) is 0.632. The van der Waals surface area contributed by atoms with Crippen molar-refractivity contribution < 1.29 is 14.6 Å². The molecule has 2 amide bonds. The van der Waals surface area contributed by atoms with Crippen LogP contribution in [0.5, 0.6) is 0 Å². The predicted octanol–water partition coefficient (Wildman–Crippen LogP) is 3.63. The molecule has 0 atom stereocenters. The molecule has 2 N–H and O–H groups in total. The molecule has 1 aromatic rings. The molecule has 0 saturated carbocycles. The second kappa shape index (κ2) is 8.49. The summed E-state index contributed by atoms with van der Waals surface area (Å²) in [5, 5.41) is 12.6. The first-order valence-corrected chi connectivity index (χ1v) is 8.85. The van der Waals surface area contributed by atoms with Crippen LogP contribution in [-0.4, -0.2) is 41.8 Å². The Morgan fingerprint density at radius 1 is 1.38 bits per heavy atom. The fourth-order valence-electron chi connectivity index (χ4n) is 3.01. The van der Waals surface area contributed by atoms with E-state index >= 15 is 0 Å². The lowest BCUT2D eigenvalue weighted by Crippen LogP contribution is -2.46. The highest BCUT2D eigenvalue weighted by Crippen LogP contribution is 2.34. The molecule has 1 aromatic carbocycles. The van der Waals surface area contributed by atoms with Crippen LogP contribution in [0.3, 0.4) is 0 Å². The molecule has 2 rings (SSSR count). The Balaban J connectivity index is 1.90. The van der Waals surface area contributed by atoms with E-state index in [1.165, 1.54) is 0 Å². The van der Waals surface area contributed by atoms with E-state index in [1.807, 2.05) is 43.0 Å². The number of benzene rings is 1. The maximum Gasteiger partial charge on any atom is 0.321 e. The normalized spacial score (nSPS) is 17.1. The third-order valence-corrected chi connectivity index (χ3v) is 4.96. The first-order chi connectivity index (χ1) is 11.5. The molecule has 5 heteroatoms. The van der Waals surface area contributed by atoms with Crippen LogP contribution in [-0.2, 0) is 11.3 Å². The topological polar surface area (TPSA) is 61.8 Å². The van der Waals surface area contributed by atoms with Gasteiger partial charge < -0.3 is 20.1 Å². The number of nitrogens with zero attached hydrogens (tertiary/aromatic N) is 1. The smallest absolute Gasteiger partial charge is 0.321 e. The lowest BCUT2D eigenvalue weighted by atomic mass is 9.77. The number of rotatable bonds is 6. The highest BCUT2D eigenvalue weighted by atomic mass is 16.5. The molecule has 24 heavy (non-hydrogen) atoms. The molecular weight excluding hydrogens is 304 g/mol. The number of nitrogens with one attached hydrogen (secondary N) is 1. The molecule has 0 bridgehead atoms. The van der Waals surface area contributed by atoms with Gasteiger partial charge >= 0.3 is 6.03 Å². The molecule has 134 valence electrons. The van der Waals surface area contributed by atoms with E-state index in [-0.39, 0.29) is 24.2 Å². The van der Waals surface area contributed by atoms with Crippen molar-refractivity contribution in [3.8, 4) is 0 Å². The maximum absolute atomic E-state index is 12.5. The van der Waals surface area contributed by atoms with Gasteiger partial charge in [0.25, 0.3) is 0 Å². The summed E-state index contributed by atoms with van der Waals surface area (Å²) >= 11 is 0. The molecule has 0 spiro atoms. The summed E-state index contributed by atoms with van der Waals surface area (Å²) in [5.41, 5.74) is 1.83. The number of ether oxygens (including phenoxy) is 1. The van der Waals surface area contributed by atoms with Gasteiger partial charge in [-0.3, -0.25) is 0 Å². The number of anilines is 1. The molecule has 0 radical (unpaired) electrons. The lowest BCUT2D eigenvalue weighted by molar-refractivity contribution is 0.0542. The number of urea groups is 1. The number of carbonyl (C=O) groups is 1. The van der Waals surface area contributed by atoms with Gasteiger partial charge in [-0.2, -0.15) is 0 Å². The number of aliphatic hydroxyl groups excluding tert-OH is 1. The summed E-state index contributed by atoms with van der Waals surface area (Å²) in [5.74, 6) is 0. The molecule has 1 aliphatic heterocycles. The van der Waals surface area contributed by atoms with E-state index in [0.29, 0.717) is 19.7 Å². The predicted molar refractivity (Wildman–Crippen MR) is 96.0 cm³/mol. The van der Waals surface area contributed by atoms with Crippen LogP contribution in [0, 0.1) is 5.41 Å². The largest absolute Gasteiger partial charge is 0.396 e. The minimum atomic E-state index is -0.0698. The van der Waals surface area contributed by atoms with Crippen LogP contribution in [0.15, 0.2) is 24.3 Å². The van der Waals surface area contributed by atoms with Gasteiger partial charge in [-0.05, 0) is 56.2 Å². The number of carbonyl (C=O) groups excluding carboxylic acids is 1. The zero-order chi connectivity index (χ0) is 17.6. The Morgan fingerprint density at radius 2 is 2.08 bits per heavy atom. The van der Waals surface area contributed by atoms with Crippen LogP contribution in [0.4, 0.5) is 10.5 Å². The molecular formula is C19H30N2O3. The quantitative estimate of drug-likeness (QED) is 0.835. The van der Waals surface area contributed by atoms with Gasteiger partial charge in [-0.1, -0.05) is 19.1 Å². The third kappa shape index (κ3) is 4.95. The molecule has 1 saturated heterocycles. The van der Waals surface area contributed by atoms with Crippen molar-refractivity contribution in [1.29, 1.82) is 0 Å². The summed E-state index contributed by atoms with van der Waals surface area (Å²) in [4.78, 5) is 14.3. The summed E-state index contributed by atoms with van der Waals surface area (Å²) in [6.07, 6.45) is 2.85. The van der Waals surface area contributed by atoms with Crippen molar-refractivity contribution in [2.24, 2.45) is 5.41 Å². The fourth-order valence-corrected chi connectivity index (χ4v) is 3.01. The monoisotopic (exact) mass is 334 g/mol. The Morgan fingerprint density at radius 3 is 2.67 bits per heavy atom. The Hall–Kier alpha value is -1.59. The first kappa shape index (κ1) is 18.7. The highest BCUT2D eigenvalue weighted by Gasteiger charge is 2.33. The van der Waals surface area contributed by atoms with Crippen molar-refractivity contribution in [2.45, 2.75) is 52.7 Å². The second-order valence-electron chi connectivity index (χ2n) is 6.99. The van der Waals surface area contributed by atoms with Gasteiger partial charge in [0.2, 0.25) is 0 Å². The Labute approximate surface area is 145 Å². The van der Waals surface area contributed by atoms with Crippen molar-refractivity contribution in [1.82, 2.24) is 4.90 Å². The minimum absolute atomic E-state index is 0.00905. The van der Waals surface area contributed by atoms with Gasteiger partial charge in [-0.15, -0.1) is 0 Å². The summed E-state index contributed by atoms with van der Waals surface area (Å²) in [6, 6.07) is 7.70. The molecule has 5 nitrogen and oxygen atoms in total. The Kier molecular flexibility index (Phi) is 6.63. The number of amides is 2. The van der Waals surface area contributed by atoms with Crippen LogP contribution in [0.25, 0.3) is 0 Å². The van der Waals surface area contributed by atoms with Gasteiger partial charge in [0.15, 0.2) is 0 Å². The van der Waals surface area contributed by atoms with E-state index in [4.69, 9.17) is 4.74 Å². The van der Waals surface area contributed by atoms with Crippen molar-refractivity contribution in [2.75, 3.05) is 25.0 Å². The van der Waals surface area contributed by atoms with E-state index in [1.54, 1.807) is 0 Å². The molecule has 1 fully saturated rings. The lowest BCUT2D eigenvalue weighted by Gasteiger charge is -2.40. The van der Waals surface area contributed by atoms with Crippen molar-refractivity contribution in [3.63, 3.8) is 0 Å². The van der Waals surface area contributed by atoms with E-state index in [2.05, 4.69) is 12.2 Å². The van der Waals surface area contributed by atoms with Crippen molar-refractivity contribution >= 4 is 11.7 Å². The van der Waals surface area contributed by atoms with Crippen molar-refractivity contribution in [3.05, 3.63) is 29.8 Å². The number of hydrogen-bond donors (Lipinski definition) is 2. The Bertz CT molecular complexity index is 531. The molecule has 1 aliphatic rings. The van der Waals surface area contributed by atoms with Gasteiger partial charge in [0.05, 0.1) is 12.7 Å². The molecule has 0 unspecified atom stereocenters. The second-order valence-corrected chi connectivity index (χ2v) is 6.99. The van der Waals surface area contributed by atoms with E-state index in [9.17, 15) is 9.90 Å². The summed E-state index contributed by atoms with van der Waals surface area (Å²) in [7, 11) is 0. The number of hydrogen-bond acceptors (Lipinski definition) is 3. The maximum atomic E-state index is 12.5. The number of aliphatic hydroxyl groups is 1. The molecule has 1 heterocycles. The zero-order valence-corrected chi connectivity index (χ0v) is 15.0. The molecule has 0 aromatic heterocycles.